The molecule has 0 radical (unpaired) electrons. The first-order valence-corrected chi connectivity index (χ1v) is 6.43. The average Bonchev–Trinajstić information content (AvgIpc) is 2.34. The molecule has 0 aliphatic rings. The normalized spacial score (nSPS) is 12.4. The van der Waals surface area contributed by atoms with Crippen molar-refractivity contribution in [3.63, 3.8) is 0 Å². The molecule has 0 aliphatic carbocycles. The van der Waals surface area contributed by atoms with Gasteiger partial charge in [0, 0.05) is 6.08 Å². The molecule has 0 fully saturated rings. The average molecular weight is 310 g/mol. The zero-order valence-electron chi connectivity index (χ0n) is 10.0. The van der Waals surface area contributed by atoms with Crippen LogP contribution in [0, 0.1) is 0 Å². The van der Waals surface area contributed by atoms with Gasteiger partial charge in [0.2, 0.25) is 0 Å². The summed E-state index contributed by atoms with van der Waals surface area (Å²) in [6.07, 6.45) is 2.26. The lowest BCUT2D eigenvalue weighted by molar-refractivity contribution is -0.134. The van der Waals surface area contributed by atoms with Gasteiger partial charge in [-0.05, 0) is 23.8 Å². The van der Waals surface area contributed by atoms with Crippen LogP contribution in [0.1, 0.15) is 5.56 Å². The number of ether oxygens (including phenoxy) is 1. The number of hydrogen-bond acceptors (Lipinski definition) is 5. The van der Waals surface area contributed by atoms with Gasteiger partial charge >= 0.3 is 21.6 Å². The van der Waals surface area contributed by atoms with Gasteiger partial charge in [-0.3, -0.25) is 0 Å². The smallest absolute Gasteiger partial charge is 0.466 e. The van der Waals surface area contributed by atoms with Crippen LogP contribution in [0.5, 0.6) is 5.75 Å². The highest BCUT2D eigenvalue weighted by Crippen LogP contribution is 2.27. The van der Waals surface area contributed by atoms with Crippen molar-refractivity contribution in [3.05, 3.63) is 35.9 Å². The fourth-order valence-electron chi connectivity index (χ4n) is 1.08. The summed E-state index contributed by atoms with van der Waals surface area (Å²) in [6, 6.07) is 4.78. The van der Waals surface area contributed by atoms with E-state index in [0.717, 1.165) is 25.3 Å². The minimum absolute atomic E-state index is 0.269. The van der Waals surface area contributed by atoms with E-state index >= 15 is 0 Å². The number of hydrogen-bond donors (Lipinski definition) is 0. The van der Waals surface area contributed by atoms with E-state index in [1.165, 1.54) is 18.2 Å². The number of carbonyl (C=O) groups excluding carboxylic acids is 1. The minimum atomic E-state index is -5.72. The van der Waals surface area contributed by atoms with Crippen molar-refractivity contribution in [2.75, 3.05) is 7.11 Å². The molecule has 1 rings (SSSR count). The Kier molecular flexibility index (Phi) is 4.77. The van der Waals surface area contributed by atoms with Gasteiger partial charge in [-0.1, -0.05) is 12.1 Å². The molecule has 1 aromatic rings. The van der Waals surface area contributed by atoms with E-state index in [2.05, 4.69) is 8.92 Å². The molecule has 0 saturated carbocycles. The van der Waals surface area contributed by atoms with Crippen LogP contribution in [0.2, 0.25) is 0 Å². The molecule has 0 spiro atoms. The van der Waals surface area contributed by atoms with Gasteiger partial charge in [-0.15, -0.1) is 0 Å². The molecule has 0 amide bonds. The van der Waals surface area contributed by atoms with Crippen molar-refractivity contribution < 1.29 is 35.3 Å². The van der Waals surface area contributed by atoms with E-state index in [-0.39, 0.29) is 5.56 Å². The topological polar surface area (TPSA) is 69.7 Å². The van der Waals surface area contributed by atoms with Crippen LogP contribution in [-0.2, 0) is 19.6 Å². The van der Waals surface area contributed by atoms with E-state index in [4.69, 9.17) is 0 Å². The molecule has 0 aliphatic heterocycles. The van der Waals surface area contributed by atoms with E-state index in [0.29, 0.717) is 0 Å². The SMILES string of the molecule is COC(=O)/C=C/c1cccc(OS(=O)(=O)C(F)(F)F)c1. The second-order valence-corrected chi connectivity index (χ2v) is 4.95. The van der Waals surface area contributed by atoms with Crippen LogP contribution in [-0.4, -0.2) is 27.0 Å². The van der Waals surface area contributed by atoms with E-state index < -0.39 is 27.3 Å². The Morgan fingerprint density at radius 3 is 2.50 bits per heavy atom. The number of methoxy groups -OCH3 is 1. The lowest BCUT2D eigenvalue weighted by Crippen LogP contribution is -2.28. The number of halogens is 3. The van der Waals surface area contributed by atoms with Crippen LogP contribution in [0.15, 0.2) is 30.3 Å². The maximum Gasteiger partial charge on any atom is 0.534 e. The zero-order valence-corrected chi connectivity index (χ0v) is 10.9. The van der Waals surface area contributed by atoms with E-state index in [1.807, 2.05) is 0 Å². The summed E-state index contributed by atoms with van der Waals surface area (Å²) >= 11 is 0. The first-order valence-electron chi connectivity index (χ1n) is 5.02. The number of rotatable bonds is 4. The first-order chi connectivity index (χ1) is 9.15. The van der Waals surface area contributed by atoms with Gasteiger partial charge in [0.25, 0.3) is 0 Å². The summed E-state index contributed by atoms with van der Waals surface area (Å²) in [5.41, 5.74) is -5.24. The van der Waals surface area contributed by atoms with Crippen LogP contribution in [0.25, 0.3) is 6.08 Å². The Labute approximate surface area is 112 Å². The van der Waals surface area contributed by atoms with Crippen molar-refractivity contribution in [1.82, 2.24) is 0 Å². The third kappa shape index (κ3) is 4.26. The second-order valence-electron chi connectivity index (χ2n) is 3.41. The minimum Gasteiger partial charge on any atom is -0.466 e. The molecule has 0 aromatic heterocycles. The maximum absolute atomic E-state index is 12.1. The van der Waals surface area contributed by atoms with Gasteiger partial charge in [-0.2, -0.15) is 21.6 Å². The highest BCUT2D eigenvalue weighted by atomic mass is 32.2. The van der Waals surface area contributed by atoms with E-state index in [9.17, 15) is 26.4 Å². The summed E-state index contributed by atoms with van der Waals surface area (Å²) < 4.78 is 66.3. The third-order valence-electron chi connectivity index (χ3n) is 1.96. The van der Waals surface area contributed by atoms with Crippen molar-refractivity contribution in [1.29, 1.82) is 0 Å². The standard InChI is InChI=1S/C11H9F3O5S/c1-18-10(15)6-5-8-3-2-4-9(7-8)19-20(16,17)11(12,13)14/h2-7H,1H3/b6-5+. The molecule has 1 aromatic carbocycles. The molecular formula is C11H9F3O5S. The predicted molar refractivity (Wildman–Crippen MR) is 63.1 cm³/mol. The Bertz CT molecular complexity index is 619. The summed E-state index contributed by atoms with van der Waals surface area (Å²) in [6.45, 7) is 0. The van der Waals surface area contributed by atoms with Crippen LogP contribution >= 0.6 is 0 Å². The molecule has 0 heterocycles. The van der Waals surface area contributed by atoms with Crippen LogP contribution in [0.4, 0.5) is 13.2 Å². The molecule has 20 heavy (non-hydrogen) atoms. The first kappa shape index (κ1) is 16.0. The predicted octanol–water partition coefficient (Wildman–Crippen LogP) is 2.10. The number of alkyl halides is 3. The Hall–Kier alpha value is -2.03. The summed E-state index contributed by atoms with van der Waals surface area (Å²) in [5.74, 6) is -1.19. The Balaban J connectivity index is 2.95. The molecule has 0 unspecified atom stereocenters. The highest BCUT2D eigenvalue weighted by molar-refractivity contribution is 7.88. The largest absolute Gasteiger partial charge is 0.534 e. The van der Waals surface area contributed by atoms with Gasteiger partial charge in [-0.25, -0.2) is 4.79 Å². The second kappa shape index (κ2) is 5.95. The fourth-order valence-corrected chi connectivity index (χ4v) is 1.53. The molecule has 0 atom stereocenters. The highest BCUT2D eigenvalue weighted by Gasteiger charge is 2.48. The number of carbonyl (C=O) groups is 1. The summed E-state index contributed by atoms with van der Waals surface area (Å²) in [7, 11) is -4.56. The number of esters is 1. The molecule has 0 saturated heterocycles. The van der Waals surface area contributed by atoms with Crippen molar-refractivity contribution in [2.24, 2.45) is 0 Å². The lowest BCUT2D eigenvalue weighted by atomic mass is 10.2. The maximum atomic E-state index is 12.1. The van der Waals surface area contributed by atoms with Crippen molar-refractivity contribution >= 4 is 22.2 Å². The quantitative estimate of drug-likeness (QED) is 0.369. The number of benzene rings is 1. The van der Waals surface area contributed by atoms with Crippen LogP contribution in [0.3, 0.4) is 0 Å². The molecule has 5 nitrogen and oxygen atoms in total. The summed E-state index contributed by atoms with van der Waals surface area (Å²) in [5, 5.41) is 0. The lowest BCUT2D eigenvalue weighted by Gasteiger charge is -2.09. The van der Waals surface area contributed by atoms with Gasteiger partial charge in [0.1, 0.15) is 5.75 Å². The Morgan fingerprint density at radius 2 is 1.95 bits per heavy atom. The fraction of sp³-hybridized carbons (Fsp3) is 0.182. The van der Waals surface area contributed by atoms with Crippen LogP contribution < -0.4 is 4.18 Å². The summed E-state index contributed by atoms with van der Waals surface area (Å²) in [4.78, 5) is 10.8. The van der Waals surface area contributed by atoms with Crippen molar-refractivity contribution in [2.45, 2.75) is 5.51 Å². The molecule has 9 heteroatoms. The molecule has 0 N–H and O–H groups in total. The van der Waals surface area contributed by atoms with Gasteiger partial charge < -0.3 is 8.92 Å². The van der Waals surface area contributed by atoms with Gasteiger partial charge in [0.05, 0.1) is 7.11 Å². The molecule has 110 valence electrons. The monoisotopic (exact) mass is 310 g/mol. The zero-order chi connectivity index (χ0) is 15.4. The Morgan fingerprint density at radius 1 is 1.30 bits per heavy atom. The van der Waals surface area contributed by atoms with Crippen molar-refractivity contribution in [3.8, 4) is 5.75 Å². The molecular weight excluding hydrogens is 301 g/mol. The van der Waals surface area contributed by atoms with E-state index in [1.54, 1.807) is 0 Å². The molecule has 0 bridgehead atoms. The third-order valence-corrected chi connectivity index (χ3v) is 2.94. The van der Waals surface area contributed by atoms with Gasteiger partial charge in [0.15, 0.2) is 0 Å².